The molecule has 0 spiro atoms. The third-order valence-electron chi connectivity index (χ3n) is 21.5. The average molecular weight is 1180 g/mol. The van der Waals surface area contributed by atoms with E-state index < -0.39 is 8.07 Å². The summed E-state index contributed by atoms with van der Waals surface area (Å²) >= 11 is 0. The van der Waals surface area contributed by atoms with Gasteiger partial charge in [-0.15, -0.1) is 0 Å². The number of rotatable bonds is 4. The van der Waals surface area contributed by atoms with Crippen LogP contribution in [-0.4, -0.2) is 27.8 Å². The van der Waals surface area contributed by atoms with Crippen molar-refractivity contribution in [3.63, 3.8) is 0 Å². The van der Waals surface area contributed by atoms with E-state index in [9.17, 15) is 0 Å². The molecule has 3 aromatic heterocycles. The minimum absolute atomic E-state index is 0.154. The summed E-state index contributed by atoms with van der Waals surface area (Å²) in [6.07, 6.45) is 3.34. The fraction of sp³-hybridized carbons (Fsp3) is 0.0732. The van der Waals surface area contributed by atoms with Gasteiger partial charge >= 0.3 is 0 Å². The van der Waals surface area contributed by atoms with Crippen LogP contribution < -0.4 is 39.7 Å². The number of nitrogens with zero attached hydrogens (tertiary/aromatic N) is 6. The van der Waals surface area contributed by atoms with Gasteiger partial charge in [0.2, 0.25) is 0 Å². The van der Waals surface area contributed by atoms with Crippen LogP contribution in [0.15, 0.2) is 260 Å². The van der Waals surface area contributed by atoms with Crippen molar-refractivity contribution < 1.29 is 9.47 Å². The molecule has 0 saturated heterocycles. The number of hydrogen-bond acceptors (Lipinski definition) is 5. The van der Waals surface area contributed by atoms with Crippen LogP contribution in [0.25, 0.3) is 82.5 Å². The second kappa shape index (κ2) is 16.9. The summed E-state index contributed by atoms with van der Waals surface area (Å²) in [6.45, 7) is 6.64. The van der Waals surface area contributed by atoms with Gasteiger partial charge in [-0.3, -0.25) is 0 Å². The van der Waals surface area contributed by atoms with Crippen molar-refractivity contribution in [1.29, 1.82) is 0 Å². The normalized spacial score (nSPS) is 18.2. The molecule has 22 rings (SSSR count). The number of allylic oxidation sites excluding steroid dienone is 2. The molecule has 1 aliphatic carbocycles. The first-order valence-corrected chi connectivity index (χ1v) is 33.9. The van der Waals surface area contributed by atoms with Crippen molar-refractivity contribution in [1.82, 2.24) is 13.7 Å². The standard InChI is InChI=1S/C82H54N6O2Si/c1-46-33-36-58-49(39-46)42-57-67(83-59-27-13-7-21-51(59)52-22-8-14-28-60(52)83)43-70-80-75(57)86(58)71-44-68(84-61-29-15-9-23-53(61)54-24-10-16-30-62(54)84)78-76-81(71)91(80,50-19-5-4-6-20-50)82-72(88(76)66-38-35-48(3)41-74(66)90-78)45-69(79-77(82)87(70)65-37-34-47(2)40-73(65)89-79)85-63-31-17-11-25-55(63)56-26-12-18-32-64(56)85/h4-41,43-45,76,81H,42H2,1-3H3. The second-order valence-corrected chi connectivity index (χ2v) is 29.9. The summed E-state index contributed by atoms with van der Waals surface area (Å²) in [5.41, 5.74) is 25.5. The van der Waals surface area contributed by atoms with Gasteiger partial charge in [0, 0.05) is 72.1 Å². The third kappa shape index (κ3) is 5.84. The summed E-state index contributed by atoms with van der Waals surface area (Å²) in [7, 11) is -3.63. The quantitative estimate of drug-likeness (QED) is 0.164. The Morgan fingerprint density at radius 3 is 1.44 bits per heavy atom. The van der Waals surface area contributed by atoms with Gasteiger partial charge in [0.15, 0.2) is 31.1 Å². The molecular weight excluding hydrogens is 1130 g/mol. The molecule has 0 amide bonds. The first-order chi connectivity index (χ1) is 44.9. The molecule has 0 radical (unpaired) electrons. The zero-order valence-electron chi connectivity index (χ0n) is 50.0. The first-order valence-electron chi connectivity index (χ1n) is 31.9. The molecule has 91 heavy (non-hydrogen) atoms. The highest BCUT2D eigenvalue weighted by atomic mass is 28.3. The van der Waals surface area contributed by atoms with Gasteiger partial charge < -0.3 is 37.9 Å². The molecule has 0 saturated carbocycles. The molecule has 7 aliphatic rings. The predicted molar refractivity (Wildman–Crippen MR) is 374 cm³/mol. The smallest absolute Gasteiger partial charge is 0.175 e. The maximum absolute atomic E-state index is 8.01. The van der Waals surface area contributed by atoms with Crippen LogP contribution in [0.1, 0.15) is 27.8 Å². The Labute approximate surface area is 524 Å². The summed E-state index contributed by atoms with van der Waals surface area (Å²) in [4.78, 5) is 8.23. The topological polar surface area (TPSA) is 43.0 Å². The summed E-state index contributed by atoms with van der Waals surface area (Å²) < 4.78 is 23.6. The van der Waals surface area contributed by atoms with Crippen LogP contribution in [-0.2, 0) is 6.42 Å². The minimum Gasteiger partial charge on any atom is -0.455 e. The lowest BCUT2D eigenvalue weighted by atomic mass is 9.87. The van der Waals surface area contributed by atoms with E-state index in [0.29, 0.717) is 0 Å². The number of aryl methyl sites for hydroxylation is 3. The third-order valence-corrected chi connectivity index (χ3v) is 26.8. The number of benzene rings is 12. The highest BCUT2D eigenvalue weighted by Gasteiger charge is 2.70. The number of aromatic nitrogens is 3. The van der Waals surface area contributed by atoms with Gasteiger partial charge in [0.25, 0.3) is 0 Å². The highest BCUT2D eigenvalue weighted by Crippen LogP contribution is 2.68. The first kappa shape index (κ1) is 48.7. The van der Waals surface area contributed by atoms with Crippen molar-refractivity contribution in [3.05, 3.63) is 288 Å². The molecule has 0 bridgehead atoms. The van der Waals surface area contributed by atoms with E-state index in [0.717, 1.165) is 91.1 Å². The lowest BCUT2D eigenvalue weighted by Gasteiger charge is -2.64. The van der Waals surface area contributed by atoms with E-state index >= 15 is 0 Å². The molecule has 0 N–H and O–H groups in total. The van der Waals surface area contributed by atoms with Crippen molar-refractivity contribution in [3.8, 4) is 28.6 Å². The van der Waals surface area contributed by atoms with Crippen LogP contribution in [0, 0.1) is 20.8 Å². The number of anilines is 7. The van der Waals surface area contributed by atoms with E-state index in [1.54, 1.807) is 0 Å². The number of fused-ring (bicyclic) bond motifs is 18. The molecule has 428 valence electrons. The monoisotopic (exact) mass is 1180 g/mol. The van der Waals surface area contributed by atoms with Gasteiger partial charge in [-0.25, -0.2) is 0 Å². The van der Waals surface area contributed by atoms with Gasteiger partial charge in [-0.05, 0) is 133 Å². The average Bonchev–Trinajstić information content (AvgIpc) is 0.986. The second-order valence-electron chi connectivity index (χ2n) is 26.1. The molecule has 0 fully saturated rings. The summed E-state index contributed by atoms with van der Waals surface area (Å²) in [5, 5.41) is 11.4. The zero-order valence-corrected chi connectivity index (χ0v) is 51.0. The van der Waals surface area contributed by atoms with E-state index in [-0.39, 0.29) is 11.6 Å². The molecule has 9 heteroatoms. The Morgan fingerprint density at radius 2 is 0.857 bits per heavy atom. The zero-order chi connectivity index (χ0) is 59.4. The van der Waals surface area contributed by atoms with Crippen molar-refractivity contribution in [2.24, 2.45) is 0 Å². The minimum atomic E-state index is -3.63. The van der Waals surface area contributed by atoms with E-state index in [1.165, 1.54) is 110 Å². The Kier molecular flexibility index (Phi) is 9.05. The van der Waals surface area contributed by atoms with E-state index in [1.807, 2.05) is 0 Å². The molecule has 12 aromatic carbocycles. The predicted octanol–water partition coefficient (Wildman–Crippen LogP) is 18.4. The van der Waals surface area contributed by atoms with Gasteiger partial charge in [-0.1, -0.05) is 169 Å². The van der Waals surface area contributed by atoms with Gasteiger partial charge in [0.1, 0.15) is 6.04 Å². The molecule has 3 unspecified atom stereocenters. The van der Waals surface area contributed by atoms with Crippen molar-refractivity contribution >= 4 is 135 Å². The Morgan fingerprint density at radius 1 is 0.385 bits per heavy atom. The SMILES string of the molecule is Cc1ccc2c(c1)Cc1c(-n3c4ccccc4c4ccccc43)cc3c4c1N2C1=CC(n2c5ccccc5c5ccccc52)=C2Oc5cc(C)ccc5N5c6cc(-n7c8ccccc8c8ccccc87)c7c(c6[Si]4(c4ccccc4)C1C25)N3c1ccc(C)cc1O7. The maximum Gasteiger partial charge on any atom is 0.175 e. The Bertz CT molecular complexity index is 5820. The molecule has 8 nitrogen and oxygen atoms in total. The van der Waals surface area contributed by atoms with Crippen LogP contribution in [0.4, 0.5) is 39.8 Å². The molecular formula is C82H54N6O2Si. The molecule has 6 aliphatic heterocycles. The van der Waals surface area contributed by atoms with Crippen LogP contribution in [0.2, 0.25) is 5.54 Å². The molecule has 3 atom stereocenters. The summed E-state index contributed by atoms with van der Waals surface area (Å²) in [5.74, 6) is 3.49. The molecule has 9 heterocycles. The Balaban J connectivity index is 1.01. The van der Waals surface area contributed by atoms with E-state index in [2.05, 4.69) is 298 Å². The fourth-order valence-electron chi connectivity index (χ4n) is 18.2. The van der Waals surface area contributed by atoms with Crippen LogP contribution in [0.3, 0.4) is 0 Å². The largest absolute Gasteiger partial charge is 0.455 e. The van der Waals surface area contributed by atoms with Gasteiger partial charge in [0.05, 0.1) is 78.6 Å². The number of para-hydroxylation sites is 6. The molecule has 15 aromatic rings. The van der Waals surface area contributed by atoms with Crippen LogP contribution in [0.5, 0.6) is 17.2 Å². The lowest BCUT2D eigenvalue weighted by Crippen LogP contribution is -2.81. The maximum atomic E-state index is 8.01. The summed E-state index contributed by atoms with van der Waals surface area (Å²) in [6, 6.07) is 91.6. The highest BCUT2D eigenvalue weighted by molar-refractivity contribution is 7.17. The Hall–Kier alpha value is -11.3. The van der Waals surface area contributed by atoms with Gasteiger partial charge in [-0.2, -0.15) is 0 Å². The van der Waals surface area contributed by atoms with E-state index in [4.69, 9.17) is 9.47 Å². The number of hydrogen-bond donors (Lipinski definition) is 0. The van der Waals surface area contributed by atoms with Crippen molar-refractivity contribution in [2.75, 3.05) is 14.7 Å². The lowest BCUT2D eigenvalue weighted by molar-refractivity contribution is 0.355. The fourth-order valence-corrected chi connectivity index (χ4v) is 24.5. The van der Waals surface area contributed by atoms with Crippen molar-refractivity contribution in [2.45, 2.75) is 38.8 Å². The van der Waals surface area contributed by atoms with Crippen LogP contribution >= 0.6 is 0 Å². The number of ether oxygens (including phenoxy) is 2.